The van der Waals surface area contributed by atoms with Crippen molar-refractivity contribution >= 4 is 17.6 Å². The lowest BCUT2D eigenvalue weighted by atomic mass is 10.2. The molecule has 3 aromatic heterocycles. The van der Waals surface area contributed by atoms with Gasteiger partial charge in [0.05, 0.1) is 19.5 Å². The number of fused-ring (bicyclic) bond motifs is 1. The first-order valence-corrected chi connectivity index (χ1v) is 9.97. The van der Waals surface area contributed by atoms with E-state index in [1.165, 1.54) is 25.5 Å². The lowest BCUT2D eigenvalue weighted by Crippen LogP contribution is -2.24. The number of nitrogens with zero attached hydrogens (tertiary/aromatic N) is 5. The van der Waals surface area contributed by atoms with E-state index in [0.29, 0.717) is 12.5 Å². The Bertz CT molecular complexity index is 1100. The van der Waals surface area contributed by atoms with Crippen molar-refractivity contribution in [1.82, 2.24) is 19.6 Å². The summed E-state index contributed by atoms with van der Waals surface area (Å²) in [5, 5.41) is 7.99. The number of hydrogen-bond acceptors (Lipinski definition) is 6. The fourth-order valence-electron chi connectivity index (χ4n) is 3.36. The van der Waals surface area contributed by atoms with Gasteiger partial charge in [-0.15, -0.1) is 5.10 Å². The highest BCUT2D eigenvalue weighted by atomic mass is 16.6. The third kappa shape index (κ3) is 4.34. The molecule has 30 heavy (non-hydrogen) atoms. The summed E-state index contributed by atoms with van der Waals surface area (Å²) in [4.78, 5) is 24.2. The molecule has 0 saturated heterocycles. The summed E-state index contributed by atoms with van der Waals surface area (Å²) in [5.41, 5.74) is 2.55. The van der Waals surface area contributed by atoms with E-state index in [1.54, 1.807) is 31.6 Å². The van der Waals surface area contributed by atoms with E-state index < -0.39 is 11.6 Å². The SMILES string of the molecule is COC(=O)Cn1c(Cn2cc(C(=O)OC(C)(C)C)nn2)c[n+]2cc(C3CC3)ccc12. The van der Waals surface area contributed by atoms with E-state index in [9.17, 15) is 9.59 Å². The number of carbonyl (C=O) groups is 2. The summed E-state index contributed by atoms with van der Waals surface area (Å²) in [5.74, 6) is -0.234. The normalized spacial score (nSPS) is 14.1. The van der Waals surface area contributed by atoms with Crippen LogP contribution in [0.25, 0.3) is 5.65 Å². The molecule has 9 heteroatoms. The van der Waals surface area contributed by atoms with E-state index in [4.69, 9.17) is 9.47 Å². The average molecular weight is 412 g/mol. The highest BCUT2D eigenvalue weighted by molar-refractivity contribution is 5.87. The summed E-state index contributed by atoms with van der Waals surface area (Å²) < 4.78 is 15.7. The molecular weight excluding hydrogens is 386 g/mol. The third-order valence-electron chi connectivity index (χ3n) is 4.92. The average Bonchev–Trinajstić information content (AvgIpc) is 3.34. The first kappa shape index (κ1) is 20.1. The van der Waals surface area contributed by atoms with Crippen molar-refractivity contribution in [1.29, 1.82) is 0 Å². The molecule has 0 spiro atoms. The van der Waals surface area contributed by atoms with Gasteiger partial charge in [0.2, 0.25) is 0 Å². The Morgan fingerprint density at radius 3 is 2.67 bits per heavy atom. The van der Waals surface area contributed by atoms with Gasteiger partial charge in [0.15, 0.2) is 17.9 Å². The molecule has 1 saturated carbocycles. The van der Waals surface area contributed by atoms with E-state index in [0.717, 1.165) is 11.3 Å². The highest BCUT2D eigenvalue weighted by Crippen LogP contribution is 2.39. The predicted octanol–water partition coefficient (Wildman–Crippen LogP) is 1.87. The first-order valence-electron chi connectivity index (χ1n) is 9.97. The Morgan fingerprint density at radius 1 is 1.23 bits per heavy atom. The lowest BCUT2D eigenvalue weighted by Gasteiger charge is -2.18. The van der Waals surface area contributed by atoms with Crippen LogP contribution in [0.1, 0.15) is 61.3 Å². The molecule has 1 aliphatic rings. The number of rotatable bonds is 6. The molecular formula is C21H26N5O4+. The first-order chi connectivity index (χ1) is 14.2. The van der Waals surface area contributed by atoms with Gasteiger partial charge in [-0.2, -0.15) is 0 Å². The topological polar surface area (TPSA) is 92.3 Å². The molecule has 1 fully saturated rings. The minimum atomic E-state index is -0.607. The summed E-state index contributed by atoms with van der Waals surface area (Å²) >= 11 is 0. The molecule has 0 radical (unpaired) electrons. The van der Waals surface area contributed by atoms with Crippen LogP contribution in [0.3, 0.4) is 0 Å². The van der Waals surface area contributed by atoms with Crippen molar-refractivity contribution in [2.45, 2.75) is 58.2 Å². The lowest BCUT2D eigenvalue weighted by molar-refractivity contribution is -0.511. The fraction of sp³-hybridized carbons (Fsp3) is 0.476. The summed E-state index contributed by atoms with van der Waals surface area (Å²) in [7, 11) is 1.37. The minimum Gasteiger partial charge on any atom is -0.466 e. The van der Waals surface area contributed by atoms with Crippen LogP contribution < -0.4 is 4.40 Å². The van der Waals surface area contributed by atoms with Gasteiger partial charge < -0.3 is 9.47 Å². The van der Waals surface area contributed by atoms with E-state index >= 15 is 0 Å². The van der Waals surface area contributed by atoms with Crippen molar-refractivity contribution < 1.29 is 23.5 Å². The Morgan fingerprint density at radius 2 is 2.00 bits per heavy atom. The zero-order chi connectivity index (χ0) is 21.5. The van der Waals surface area contributed by atoms with Crippen LogP contribution in [-0.2, 0) is 27.4 Å². The van der Waals surface area contributed by atoms with Crippen molar-refractivity contribution in [3.63, 3.8) is 0 Å². The molecule has 0 bridgehead atoms. The van der Waals surface area contributed by atoms with Crippen LogP contribution in [0.2, 0.25) is 0 Å². The summed E-state index contributed by atoms with van der Waals surface area (Å²) in [6.07, 6.45) is 8.06. The maximum absolute atomic E-state index is 12.2. The number of imidazole rings is 1. The van der Waals surface area contributed by atoms with Gasteiger partial charge in [0.25, 0.3) is 5.65 Å². The van der Waals surface area contributed by atoms with Crippen LogP contribution in [0.15, 0.2) is 30.7 Å². The van der Waals surface area contributed by atoms with Gasteiger partial charge in [0, 0.05) is 6.07 Å². The quantitative estimate of drug-likeness (QED) is 0.453. The maximum Gasteiger partial charge on any atom is 0.361 e. The van der Waals surface area contributed by atoms with Gasteiger partial charge in [0.1, 0.15) is 18.3 Å². The molecule has 3 heterocycles. The summed E-state index contributed by atoms with van der Waals surface area (Å²) in [6.45, 7) is 5.82. The number of hydrogen-bond donors (Lipinski definition) is 0. The number of carbonyl (C=O) groups excluding carboxylic acids is 2. The molecule has 0 aromatic carbocycles. The summed E-state index contributed by atoms with van der Waals surface area (Å²) in [6, 6.07) is 4.13. The number of esters is 2. The number of methoxy groups -OCH3 is 1. The molecule has 0 N–H and O–H groups in total. The van der Waals surface area contributed by atoms with Gasteiger partial charge in [-0.3, -0.25) is 0 Å². The largest absolute Gasteiger partial charge is 0.466 e. The van der Waals surface area contributed by atoms with E-state index in [-0.39, 0.29) is 18.2 Å². The number of ether oxygens (including phenoxy) is 2. The Hall–Kier alpha value is -3.23. The molecule has 9 nitrogen and oxygen atoms in total. The smallest absolute Gasteiger partial charge is 0.361 e. The second-order valence-corrected chi connectivity index (χ2v) is 8.59. The second kappa shape index (κ2) is 7.55. The minimum absolute atomic E-state index is 0.0821. The van der Waals surface area contributed by atoms with Crippen molar-refractivity contribution in [3.8, 4) is 0 Å². The predicted molar refractivity (Wildman–Crippen MR) is 106 cm³/mol. The number of aromatic nitrogens is 5. The van der Waals surface area contributed by atoms with Gasteiger partial charge >= 0.3 is 11.9 Å². The van der Waals surface area contributed by atoms with Gasteiger partial charge in [-0.25, -0.2) is 23.2 Å². The monoisotopic (exact) mass is 412 g/mol. The van der Waals surface area contributed by atoms with E-state index in [2.05, 4.69) is 22.6 Å². The number of pyridine rings is 1. The van der Waals surface area contributed by atoms with Crippen molar-refractivity contribution in [3.05, 3.63) is 47.7 Å². The van der Waals surface area contributed by atoms with Gasteiger partial charge in [-0.1, -0.05) is 5.21 Å². The molecule has 158 valence electrons. The van der Waals surface area contributed by atoms with Gasteiger partial charge in [-0.05, 0) is 51.2 Å². The molecule has 0 amide bonds. The molecule has 0 unspecified atom stereocenters. The van der Waals surface area contributed by atoms with Crippen LogP contribution >= 0.6 is 0 Å². The van der Waals surface area contributed by atoms with Crippen LogP contribution in [0.4, 0.5) is 0 Å². The molecule has 4 rings (SSSR count). The zero-order valence-electron chi connectivity index (χ0n) is 17.7. The molecule has 0 atom stereocenters. The van der Waals surface area contributed by atoms with Crippen molar-refractivity contribution in [2.75, 3.05) is 7.11 Å². The second-order valence-electron chi connectivity index (χ2n) is 8.59. The molecule has 1 aliphatic carbocycles. The Labute approximate surface area is 174 Å². The maximum atomic E-state index is 12.2. The third-order valence-corrected chi connectivity index (χ3v) is 4.92. The zero-order valence-corrected chi connectivity index (χ0v) is 17.7. The Kier molecular flexibility index (Phi) is 5.05. The van der Waals surface area contributed by atoms with Crippen LogP contribution in [-0.4, -0.2) is 44.2 Å². The van der Waals surface area contributed by atoms with Crippen molar-refractivity contribution in [2.24, 2.45) is 0 Å². The van der Waals surface area contributed by atoms with Crippen LogP contribution in [0, 0.1) is 0 Å². The fourth-order valence-corrected chi connectivity index (χ4v) is 3.36. The van der Waals surface area contributed by atoms with E-state index in [1.807, 2.05) is 21.2 Å². The van der Waals surface area contributed by atoms with Crippen LogP contribution in [0.5, 0.6) is 0 Å². The molecule has 3 aromatic rings. The standard InChI is InChI=1S/C21H26N5O4/c1-21(2,3)30-20(28)17-12-25(23-22-17)11-16-10-24-9-15(14-5-6-14)7-8-18(24)26(16)13-19(27)29-4/h7-10,12,14H,5-6,11,13H2,1-4H3/q+1. The Balaban J connectivity index is 1.63. The highest BCUT2D eigenvalue weighted by Gasteiger charge is 2.27. The molecule has 0 aliphatic heterocycles.